The summed E-state index contributed by atoms with van der Waals surface area (Å²) in [5, 5.41) is 11.0. The largest absolute Gasteiger partial charge is 0.490 e. The molecule has 1 aromatic rings. The van der Waals surface area contributed by atoms with Crippen LogP contribution >= 0.6 is 0 Å². The zero-order valence-corrected chi connectivity index (χ0v) is 15.2. The highest BCUT2D eigenvalue weighted by atomic mass is 32.2. The van der Waals surface area contributed by atoms with Gasteiger partial charge in [0.25, 0.3) is 0 Å². The lowest BCUT2D eigenvalue weighted by molar-refractivity contribution is -0.137. The van der Waals surface area contributed by atoms with Gasteiger partial charge in [-0.05, 0) is 25.5 Å². The van der Waals surface area contributed by atoms with Crippen LogP contribution in [-0.2, 0) is 19.6 Å². The van der Waals surface area contributed by atoms with Crippen LogP contribution in [0.4, 0.5) is 0 Å². The predicted molar refractivity (Wildman–Crippen MR) is 91.7 cm³/mol. The number of carbonyl (C=O) groups is 2. The summed E-state index contributed by atoms with van der Waals surface area (Å²) in [6.07, 6.45) is 0.897. The van der Waals surface area contributed by atoms with Crippen LogP contribution in [0.25, 0.3) is 0 Å². The molecule has 1 atom stereocenters. The fourth-order valence-electron chi connectivity index (χ4n) is 2.27. The molecule has 10 heteroatoms. The molecule has 144 valence electrons. The van der Waals surface area contributed by atoms with Crippen molar-refractivity contribution in [3.05, 3.63) is 18.2 Å². The molecular formula is C16H22N2O7S. The zero-order valence-electron chi connectivity index (χ0n) is 14.4. The second-order valence-electron chi connectivity index (χ2n) is 5.79. The first-order chi connectivity index (χ1) is 12.3. The van der Waals surface area contributed by atoms with Crippen molar-refractivity contribution in [1.82, 2.24) is 10.0 Å². The highest BCUT2D eigenvalue weighted by Gasteiger charge is 2.23. The molecule has 0 spiro atoms. The maximum Gasteiger partial charge on any atom is 0.303 e. The van der Waals surface area contributed by atoms with Gasteiger partial charge in [0.2, 0.25) is 15.9 Å². The summed E-state index contributed by atoms with van der Waals surface area (Å²) in [4.78, 5) is 22.3. The highest BCUT2D eigenvalue weighted by Crippen LogP contribution is 2.31. The maximum absolute atomic E-state index is 12.5. The fraction of sp³-hybridized carbons (Fsp3) is 0.500. The van der Waals surface area contributed by atoms with Crippen molar-refractivity contribution < 1.29 is 32.6 Å². The number of sulfonamides is 1. The third-order valence-corrected chi connectivity index (χ3v) is 5.16. The van der Waals surface area contributed by atoms with Crippen molar-refractivity contribution in [2.45, 2.75) is 37.1 Å². The predicted octanol–water partition coefficient (Wildman–Crippen LogP) is 0.496. The van der Waals surface area contributed by atoms with Gasteiger partial charge in [-0.15, -0.1) is 0 Å². The minimum atomic E-state index is -3.93. The van der Waals surface area contributed by atoms with Gasteiger partial charge in [0.1, 0.15) is 0 Å². The van der Waals surface area contributed by atoms with Crippen molar-refractivity contribution in [2.75, 3.05) is 19.8 Å². The number of carbonyl (C=O) groups excluding carboxylic acids is 1. The zero-order chi connectivity index (χ0) is 19.2. The van der Waals surface area contributed by atoms with E-state index in [-0.39, 0.29) is 24.3 Å². The average molecular weight is 386 g/mol. The van der Waals surface area contributed by atoms with E-state index in [9.17, 15) is 18.0 Å². The van der Waals surface area contributed by atoms with Crippen LogP contribution in [0, 0.1) is 0 Å². The van der Waals surface area contributed by atoms with Crippen LogP contribution in [0.5, 0.6) is 11.5 Å². The van der Waals surface area contributed by atoms with E-state index in [0.717, 1.165) is 0 Å². The van der Waals surface area contributed by atoms with Crippen molar-refractivity contribution in [3.63, 3.8) is 0 Å². The Morgan fingerprint density at radius 1 is 1.23 bits per heavy atom. The number of nitrogens with one attached hydrogen (secondary N) is 2. The fourth-order valence-corrected chi connectivity index (χ4v) is 3.49. The first kappa shape index (κ1) is 20.0. The lowest BCUT2D eigenvalue weighted by Gasteiger charge is -2.15. The van der Waals surface area contributed by atoms with E-state index in [1.807, 2.05) is 0 Å². The Labute approximate surface area is 151 Å². The summed E-state index contributed by atoms with van der Waals surface area (Å²) in [5.74, 6) is -0.669. The van der Waals surface area contributed by atoms with Crippen LogP contribution in [0.2, 0.25) is 0 Å². The van der Waals surface area contributed by atoms with Gasteiger partial charge in [0.15, 0.2) is 11.5 Å². The topological polar surface area (TPSA) is 131 Å². The molecule has 1 aliphatic heterocycles. The Morgan fingerprint density at radius 3 is 2.62 bits per heavy atom. The minimum Gasteiger partial charge on any atom is -0.490 e. The van der Waals surface area contributed by atoms with Gasteiger partial charge in [-0.3, -0.25) is 9.59 Å². The monoisotopic (exact) mass is 386 g/mol. The molecule has 0 bridgehead atoms. The molecule has 1 unspecified atom stereocenters. The van der Waals surface area contributed by atoms with Crippen LogP contribution in [0.1, 0.15) is 26.2 Å². The molecule has 0 radical (unpaired) electrons. The third kappa shape index (κ3) is 5.60. The van der Waals surface area contributed by atoms with E-state index in [4.69, 9.17) is 14.6 Å². The number of hydrogen-bond donors (Lipinski definition) is 3. The Morgan fingerprint density at radius 2 is 1.92 bits per heavy atom. The summed E-state index contributed by atoms with van der Waals surface area (Å²) in [6.45, 7) is 2.49. The molecule has 3 N–H and O–H groups in total. The van der Waals surface area contributed by atoms with Crippen molar-refractivity contribution in [1.29, 1.82) is 0 Å². The molecule has 1 aliphatic rings. The van der Waals surface area contributed by atoms with Gasteiger partial charge in [-0.1, -0.05) is 0 Å². The van der Waals surface area contributed by atoms with Gasteiger partial charge < -0.3 is 19.9 Å². The van der Waals surface area contributed by atoms with E-state index in [1.54, 1.807) is 0 Å². The maximum atomic E-state index is 12.5. The molecule has 0 aliphatic carbocycles. The lowest BCUT2D eigenvalue weighted by atomic mass is 10.3. The first-order valence-electron chi connectivity index (χ1n) is 8.21. The van der Waals surface area contributed by atoms with E-state index in [2.05, 4.69) is 10.0 Å². The number of hydrogen-bond acceptors (Lipinski definition) is 6. The van der Waals surface area contributed by atoms with E-state index in [1.165, 1.54) is 25.1 Å². The van der Waals surface area contributed by atoms with Crippen LogP contribution < -0.4 is 19.5 Å². The standard InChI is InChI=1S/C16H22N2O7S/c1-11(16(21)17-7-2-4-15(19)20)18-26(22,23)12-5-6-13-14(10-12)25-9-3-8-24-13/h5-6,10-11,18H,2-4,7-9H2,1H3,(H,17,21)(H,19,20). The number of carboxylic acids is 1. The van der Waals surface area contributed by atoms with Crippen molar-refractivity contribution in [3.8, 4) is 11.5 Å². The second kappa shape index (κ2) is 8.86. The van der Waals surface area contributed by atoms with Gasteiger partial charge in [0.05, 0.1) is 24.2 Å². The molecule has 0 saturated heterocycles. The summed E-state index contributed by atoms with van der Waals surface area (Å²) in [6, 6.07) is 3.25. The minimum absolute atomic E-state index is 0.0349. The highest BCUT2D eigenvalue weighted by molar-refractivity contribution is 7.89. The van der Waals surface area contributed by atoms with Crippen LogP contribution in [0.15, 0.2) is 23.1 Å². The van der Waals surface area contributed by atoms with Crippen molar-refractivity contribution in [2.24, 2.45) is 0 Å². The molecule has 26 heavy (non-hydrogen) atoms. The van der Waals surface area contributed by atoms with Crippen LogP contribution in [-0.4, -0.2) is 51.2 Å². The summed E-state index contributed by atoms with van der Waals surface area (Å²) in [5.41, 5.74) is 0. The number of ether oxygens (including phenoxy) is 2. The molecule has 0 fully saturated rings. The quantitative estimate of drug-likeness (QED) is 0.554. The first-order valence-corrected chi connectivity index (χ1v) is 9.69. The van der Waals surface area contributed by atoms with E-state index >= 15 is 0 Å². The number of fused-ring (bicyclic) bond motifs is 1. The molecule has 9 nitrogen and oxygen atoms in total. The normalized spacial score (nSPS) is 15.0. The van der Waals surface area contributed by atoms with E-state index in [0.29, 0.717) is 31.1 Å². The molecule has 0 saturated carbocycles. The van der Waals surface area contributed by atoms with E-state index < -0.39 is 27.9 Å². The summed E-state index contributed by atoms with van der Waals surface area (Å²) < 4.78 is 38.2. The third-order valence-electron chi connectivity index (χ3n) is 3.62. The van der Waals surface area contributed by atoms with Crippen LogP contribution in [0.3, 0.4) is 0 Å². The van der Waals surface area contributed by atoms with Gasteiger partial charge in [0, 0.05) is 25.5 Å². The molecule has 2 rings (SSSR count). The summed E-state index contributed by atoms with van der Waals surface area (Å²) >= 11 is 0. The molecule has 1 amide bonds. The molecule has 0 aromatic heterocycles. The molecule has 1 heterocycles. The summed E-state index contributed by atoms with van der Waals surface area (Å²) in [7, 11) is -3.93. The lowest BCUT2D eigenvalue weighted by Crippen LogP contribution is -2.45. The smallest absolute Gasteiger partial charge is 0.303 e. The SMILES string of the molecule is CC(NS(=O)(=O)c1ccc2c(c1)OCCCO2)C(=O)NCCCC(=O)O. The Hall–Kier alpha value is -2.33. The number of rotatable bonds is 8. The number of aliphatic carboxylic acids is 1. The second-order valence-corrected chi connectivity index (χ2v) is 7.50. The van der Waals surface area contributed by atoms with Gasteiger partial charge in [-0.2, -0.15) is 4.72 Å². The Kier molecular flexibility index (Phi) is 6.81. The Balaban J connectivity index is 1.98. The number of carboxylic acid groups (broad SMARTS) is 1. The Bertz CT molecular complexity index is 764. The molecular weight excluding hydrogens is 364 g/mol. The van der Waals surface area contributed by atoms with Gasteiger partial charge >= 0.3 is 5.97 Å². The number of amides is 1. The molecule has 1 aromatic carbocycles. The number of benzene rings is 1. The average Bonchev–Trinajstić information content (AvgIpc) is 2.82. The van der Waals surface area contributed by atoms with Gasteiger partial charge in [-0.25, -0.2) is 8.42 Å². The van der Waals surface area contributed by atoms with Crippen molar-refractivity contribution >= 4 is 21.9 Å².